The summed E-state index contributed by atoms with van der Waals surface area (Å²) in [5.74, 6) is 1.80. The summed E-state index contributed by atoms with van der Waals surface area (Å²) in [7, 11) is 4.15. The van der Waals surface area contributed by atoms with Crippen LogP contribution in [0.4, 0.5) is 0 Å². The van der Waals surface area contributed by atoms with Gasteiger partial charge in [-0.05, 0) is 38.2 Å². The lowest BCUT2D eigenvalue weighted by Gasteiger charge is -2.19. The first-order valence-electron chi connectivity index (χ1n) is 9.97. The minimum absolute atomic E-state index is 0.232. The lowest BCUT2D eigenvalue weighted by molar-refractivity contribution is -0.484. The lowest BCUT2D eigenvalue weighted by Crippen LogP contribution is -2.49. The van der Waals surface area contributed by atoms with E-state index in [1.165, 1.54) is 15.3 Å². The van der Waals surface area contributed by atoms with Gasteiger partial charge in [0.15, 0.2) is 0 Å². The van der Waals surface area contributed by atoms with Crippen molar-refractivity contribution in [2.75, 3.05) is 39.5 Å². The Morgan fingerprint density at radius 1 is 1.27 bits per heavy atom. The van der Waals surface area contributed by atoms with Gasteiger partial charge in [0.1, 0.15) is 6.17 Å². The Kier molecular flexibility index (Phi) is 10.8. The average molecular weight is 453 g/mol. The number of benzene rings is 1. The Morgan fingerprint density at radius 2 is 2.00 bits per heavy atom. The third-order valence-corrected chi connectivity index (χ3v) is 6.90. The van der Waals surface area contributed by atoms with Crippen LogP contribution < -0.4 is 10.6 Å². The van der Waals surface area contributed by atoms with Crippen LogP contribution in [0.3, 0.4) is 0 Å². The fraction of sp³-hybridized carbons (Fsp3) is 0.524. The molecule has 0 bridgehead atoms. The normalized spacial score (nSPS) is 13.5. The number of hydrogen-bond donors (Lipinski definition) is 3. The molecule has 1 aromatic carbocycles. The summed E-state index contributed by atoms with van der Waals surface area (Å²) in [5.41, 5.74) is 2.13. The summed E-state index contributed by atoms with van der Waals surface area (Å²) in [6.07, 6.45) is -1.18. The van der Waals surface area contributed by atoms with E-state index >= 15 is 0 Å². The van der Waals surface area contributed by atoms with Gasteiger partial charge in [-0.25, -0.2) is 0 Å². The molecule has 1 heterocycles. The zero-order chi connectivity index (χ0) is 21.9. The fourth-order valence-electron chi connectivity index (χ4n) is 2.98. The molecule has 2 rings (SSSR count). The SMILES string of the molecule is Cc1cc(CSCCNC(C[N+](=O)[O-])NCC(O)c2ccccc2)sc1CN(C)C. The Balaban J connectivity index is 1.72. The Bertz CT molecular complexity index is 771. The summed E-state index contributed by atoms with van der Waals surface area (Å²) < 4.78 is 0. The fourth-order valence-corrected chi connectivity index (χ4v) is 5.25. The molecule has 0 spiro atoms. The van der Waals surface area contributed by atoms with E-state index in [1.54, 1.807) is 0 Å². The van der Waals surface area contributed by atoms with E-state index in [4.69, 9.17) is 0 Å². The largest absolute Gasteiger partial charge is 0.387 e. The van der Waals surface area contributed by atoms with Crippen molar-refractivity contribution in [1.82, 2.24) is 15.5 Å². The molecule has 0 radical (unpaired) electrons. The molecule has 0 fully saturated rings. The highest BCUT2D eigenvalue weighted by Crippen LogP contribution is 2.26. The van der Waals surface area contributed by atoms with Gasteiger partial charge in [-0.2, -0.15) is 11.8 Å². The molecule has 0 amide bonds. The molecule has 7 nitrogen and oxygen atoms in total. The average Bonchev–Trinajstić information content (AvgIpc) is 3.04. The van der Waals surface area contributed by atoms with E-state index < -0.39 is 12.3 Å². The van der Waals surface area contributed by atoms with Crippen LogP contribution in [0.2, 0.25) is 0 Å². The molecule has 1 aromatic heterocycles. The number of thioether (sulfide) groups is 1. The molecule has 2 atom stereocenters. The lowest BCUT2D eigenvalue weighted by atomic mass is 10.1. The van der Waals surface area contributed by atoms with Crippen LogP contribution in [0.15, 0.2) is 36.4 Å². The zero-order valence-corrected chi connectivity index (χ0v) is 19.5. The number of nitro groups is 1. The smallest absolute Gasteiger partial charge is 0.231 e. The summed E-state index contributed by atoms with van der Waals surface area (Å²) in [4.78, 5) is 15.6. The van der Waals surface area contributed by atoms with Crippen molar-refractivity contribution in [2.24, 2.45) is 0 Å². The van der Waals surface area contributed by atoms with Gasteiger partial charge in [0.05, 0.1) is 6.10 Å². The van der Waals surface area contributed by atoms with Gasteiger partial charge >= 0.3 is 0 Å². The molecule has 3 N–H and O–H groups in total. The van der Waals surface area contributed by atoms with Crippen molar-refractivity contribution in [3.8, 4) is 0 Å². The quantitative estimate of drug-likeness (QED) is 0.176. The predicted molar refractivity (Wildman–Crippen MR) is 126 cm³/mol. The van der Waals surface area contributed by atoms with Gasteiger partial charge in [0.25, 0.3) is 0 Å². The maximum Gasteiger partial charge on any atom is 0.231 e. The molecule has 2 aromatic rings. The number of nitrogens with zero attached hydrogens (tertiary/aromatic N) is 2. The number of nitrogens with one attached hydrogen (secondary N) is 2. The van der Waals surface area contributed by atoms with E-state index in [2.05, 4.69) is 42.6 Å². The van der Waals surface area contributed by atoms with Crippen molar-refractivity contribution in [2.45, 2.75) is 31.5 Å². The number of aliphatic hydroxyl groups is 1. The molecule has 166 valence electrons. The van der Waals surface area contributed by atoms with Crippen molar-refractivity contribution in [1.29, 1.82) is 0 Å². The van der Waals surface area contributed by atoms with Crippen LogP contribution in [-0.2, 0) is 12.3 Å². The molecular weight excluding hydrogens is 420 g/mol. The Hall–Kier alpha value is -1.49. The standard InChI is InChI=1S/C21H32N4O3S2/c1-16-11-18(30-20(16)13-24(2)3)15-29-10-9-22-21(14-25(27)28)23-12-19(26)17-7-5-4-6-8-17/h4-8,11,19,21-23,26H,9-10,12-15H2,1-3H3. The highest BCUT2D eigenvalue weighted by molar-refractivity contribution is 7.98. The van der Waals surface area contributed by atoms with Gasteiger partial charge in [-0.3, -0.25) is 20.7 Å². The van der Waals surface area contributed by atoms with Crippen molar-refractivity contribution in [3.63, 3.8) is 0 Å². The second-order valence-electron chi connectivity index (χ2n) is 7.47. The molecule has 0 saturated carbocycles. The van der Waals surface area contributed by atoms with Gasteiger partial charge in [0, 0.05) is 45.8 Å². The van der Waals surface area contributed by atoms with Crippen molar-refractivity contribution < 1.29 is 10.0 Å². The number of hydrogen-bond acceptors (Lipinski definition) is 8. The van der Waals surface area contributed by atoms with E-state index in [9.17, 15) is 15.2 Å². The molecule has 2 unspecified atom stereocenters. The molecular formula is C21H32N4O3S2. The minimum Gasteiger partial charge on any atom is -0.387 e. The van der Waals surface area contributed by atoms with E-state index in [1.807, 2.05) is 53.4 Å². The third-order valence-electron chi connectivity index (χ3n) is 4.49. The third kappa shape index (κ3) is 9.11. The summed E-state index contributed by atoms with van der Waals surface area (Å²) >= 11 is 3.67. The number of aryl methyl sites for hydroxylation is 1. The second-order valence-corrected chi connectivity index (χ2v) is 9.79. The Morgan fingerprint density at radius 3 is 2.67 bits per heavy atom. The number of thiophene rings is 1. The summed E-state index contributed by atoms with van der Waals surface area (Å²) in [5, 5.41) is 27.5. The van der Waals surface area contributed by atoms with Gasteiger partial charge < -0.3 is 10.0 Å². The van der Waals surface area contributed by atoms with Gasteiger partial charge in [0.2, 0.25) is 6.54 Å². The van der Waals surface area contributed by atoms with Crippen LogP contribution >= 0.6 is 23.1 Å². The van der Waals surface area contributed by atoms with Crippen molar-refractivity contribution >= 4 is 23.1 Å². The van der Waals surface area contributed by atoms with Crippen LogP contribution in [0.1, 0.15) is 27.0 Å². The summed E-state index contributed by atoms with van der Waals surface area (Å²) in [6.45, 7) is 3.80. The van der Waals surface area contributed by atoms with Crippen LogP contribution in [-0.4, -0.2) is 60.6 Å². The molecule has 0 saturated heterocycles. The van der Waals surface area contributed by atoms with Gasteiger partial charge in [-0.15, -0.1) is 11.3 Å². The molecule has 0 aliphatic rings. The van der Waals surface area contributed by atoms with Gasteiger partial charge in [-0.1, -0.05) is 30.3 Å². The Labute approximate surface area is 187 Å². The summed E-state index contributed by atoms with van der Waals surface area (Å²) in [6, 6.07) is 11.6. The predicted octanol–water partition coefficient (Wildman–Crippen LogP) is 2.87. The molecule has 30 heavy (non-hydrogen) atoms. The van der Waals surface area contributed by atoms with Crippen molar-refractivity contribution in [3.05, 3.63) is 67.4 Å². The first-order valence-corrected chi connectivity index (χ1v) is 11.9. The number of aliphatic hydroxyl groups excluding tert-OH is 1. The highest BCUT2D eigenvalue weighted by Gasteiger charge is 2.16. The topological polar surface area (TPSA) is 90.7 Å². The van der Waals surface area contributed by atoms with Crippen LogP contribution in [0.25, 0.3) is 0 Å². The number of rotatable bonds is 14. The maximum atomic E-state index is 11.0. The van der Waals surface area contributed by atoms with E-state index in [-0.39, 0.29) is 18.0 Å². The van der Waals surface area contributed by atoms with E-state index in [0.29, 0.717) is 6.54 Å². The molecule has 0 aliphatic heterocycles. The maximum absolute atomic E-state index is 11.0. The highest BCUT2D eigenvalue weighted by atomic mass is 32.2. The first kappa shape index (κ1) is 24.8. The first-order chi connectivity index (χ1) is 14.3. The molecule has 9 heteroatoms. The molecule has 0 aliphatic carbocycles. The van der Waals surface area contributed by atoms with Crippen LogP contribution in [0, 0.1) is 17.0 Å². The zero-order valence-electron chi connectivity index (χ0n) is 17.8. The second kappa shape index (κ2) is 13.0. The minimum atomic E-state index is -0.699. The monoisotopic (exact) mass is 452 g/mol. The van der Waals surface area contributed by atoms with Crippen LogP contribution in [0.5, 0.6) is 0 Å². The van der Waals surface area contributed by atoms with E-state index in [0.717, 1.165) is 23.6 Å².